The molecule has 0 bridgehead atoms. The van der Waals surface area contributed by atoms with Crippen molar-refractivity contribution in [3.8, 4) is 0 Å². The lowest BCUT2D eigenvalue weighted by molar-refractivity contribution is -0.124. The molecule has 1 atom stereocenters. The van der Waals surface area contributed by atoms with Crippen molar-refractivity contribution in [3.63, 3.8) is 0 Å². The lowest BCUT2D eigenvalue weighted by Gasteiger charge is -2.25. The molecule has 0 radical (unpaired) electrons. The van der Waals surface area contributed by atoms with Crippen LogP contribution in [0.5, 0.6) is 0 Å². The molecular weight excluding hydrogens is 393 g/mol. The summed E-state index contributed by atoms with van der Waals surface area (Å²) in [6, 6.07) is -0.351. The molecule has 110 valence electrons. The van der Waals surface area contributed by atoms with Gasteiger partial charge in [-0.25, -0.2) is 4.98 Å². The number of halogens is 2. The molecule has 0 aromatic carbocycles. The van der Waals surface area contributed by atoms with E-state index in [0.29, 0.717) is 3.57 Å². The molecule has 1 saturated carbocycles. The van der Waals surface area contributed by atoms with Gasteiger partial charge in [-0.1, -0.05) is 30.9 Å². The molecule has 1 aliphatic rings. The average molecular weight is 410 g/mol. The Kier molecular flexibility index (Phi) is 5.42. The molecule has 1 heterocycles. The van der Waals surface area contributed by atoms with Gasteiger partial charge in [0, 0.05) is 6.04 Å². The van der Waals surface area contributed by atoms with E-state index in [1.54, 1.807) is 6.92 Å². The molecule has 1 fully saturated rings. The minimum atomic E-state index is -0.581. The fraction of sp³-hybridized carbons (Fsp3) is 0.615. The molecule has 1 aromatic rings. The van der Waals surface area contributed by atoms with Gasteiger partial charge in [0.05, 0.1) is 6.33 Å². The van der Waals surface area contributed by atoms with E-state index in [1.165, 1.54) is 17.3 Å². The van der Waals surface area contributed by atoms with Crippen LogP contribution in [0.15, 0.2) is 11.1 Å². The van der Waals surface area contributed by atoms with E-state index in [1.807, 2.05) is 22.6 Å². The Bertz CT molecular complexity index is 555. The number of hydrogen-bond acceptors (Lipinski definition) is 3. The summed E-state index contributed by atoms with van der Waals surface area (Å²) in [5.74, 6) is -0.140. The number of nitrogens with one attached hydrogen (secondary N) is 1. The van der Waals surface area contributed by atoms with E-state index in [0.717, 1.165) is 25.7 Å². The van der Waals surface area contributed by atoms with Gasteiger partial charge < -0.3 is 5.32 Å². The Morgan fingerprint density at radius 2 is 2.15 bits per heavy atom. The second-order valence-corrected chi connectivity index (χ2v) is 6.52. The van der Waals surface area contributed by atoms with E-state index >= 15 is 0 Å². The van der Waals surface area contributed by atoms with Crippen LogP contribution in [0.25, 0.3) is 0 Å². The fourth-order valence-corrected chi connectivity index (χ4v) is 2.94. The van der Waals surface area contributed by atoms with Crippen molar-refractivity contribution in [2.45, 2.75) is 51.1 Å². The van der Waals surface area contributed by atoms with Crippen LogP contribution in [0.4, 0.5) is 0 Å². The Morgan fingerprint density at radius 1 is 1.50 bits per heavy atom. The van der Waals surface area contributed by atoms with E-state index in [2.05, 4.69) is 10.3 Å². The topological polar surface area (TPSA) is 64.0 Å². The maximum absolute atomic E-state index is 12.2. The Balaban J connectivity index is 2.10. The van der Waals surface area contributed by atoms with Crippen molar-refractivity contribution in [3.05, 3.63) is 25.4 Å². The molecule has 0 aliphatic heterocycles. The van der Waals surface area contributed by atoms with Crippen LogP contribution < -0.4 is 10.9 Å². The normalized spacial score (nSPS) is 17.8. The fourth-order valence-electron chi connectivity index (χ4n) is 2.39. The molecule has 1 aromatic heterocycles. The zero-order valence-corrected chi connectivity index (χ0v) is 14.1. The van der Waals surface area contributed by atoms with Crippen molar-refractivity contribution in [1.29, 1.82) is 0 Å². The highest BCUT2D eigenvalue weighted by molar-refractivity contribution is 14.1. The molecule has 1 amide bonds. The molecule has 1 aliphatic carbocycles. The molecule has 2 rings (SSSR count). The third kappa shape index (κ3) is 3.52. The van der Waals surface area contributed by atoms with Crippen LogP contribution in [0, 0.1) is 3.57 Å². The van der Waals surface area contributed by atoms with Crippen LogP contribution in [-0.4, -0.2) is 21.5 Å². The monoisotopic (exact) mass is 409 g/mol. The number of rotatable bonds is 3. The first kappa shape index (κ1) is 15.8. The third-order valence-electron chi connectivity index (χ3n) is 3.65. The third-order valence-corrected chi connectivity index (χ3v) is 5.22. The van der Waals surface area contributed by atoms with E-state index < -0.39 is 6.04 Å². The highest BCUT2D eigenvalue weighted by Gasteiger charge is 2.22. The SMILES string of the molecule is CC(C(=O)NC1CCCCC1)n1cnc(Cl)c(I)c1=O. The minimum Gasteiger partial charge on any atom is -0.352 e. The summed E-state index contributed by atoms with van der Waals surface area (Å²) in [5, 5.41) is 3.19. The average Bonchev–Trinajstić information content (AvgIpc) is 2.45. The quantitative estimate of drug-likeness (QED) is 0.616. The van der Waals surface area contributed by atoms with Gasteiger partial charge in [-0.05, 0) is 42.4 Å². The standard InChI is InChI=1S/C13H17ClIN3O2/c1-8(12(19)17-9-5-3-2-4-6-9)18-7-16-11(14)10(15)13(18)20/h7-9H,2-6H2,1H3,(H,17,19). The van der Waals surface area contributed by atoms with Crippen molar-refractivity contribution in [1.82, 2.24) is 14.9 Å². The molecule has 1 unspecified atom stereocenters. The Morgan fingerprint density at radius 3 is 2.80 bits per heavy atom. The van der Waals surface area contributed by atoms with Crippen LogP contribution in [-0.2, 0) is 4.79 Å². The van der Waals surface area contributed by atoms with Crippen LogP contribution in [0.1, 0.15) is 45.1 Å². The van der Waals surface area contributed by atoms with Gasteiger partial charge >= 0.3 is 0 Å². The van der Waals surface area contributed by atoms with Gasteiger partial charge in [-0.2, -0.15) is 0 Å². The first-order valence-electron chi connectivity index (χ1n) is 6.73. The van der Waals surface area contributed by atoms with Gasteiger partial charge in [0.1, 0.15) is 14.8 Å². The predicted octanol–water partition coefficient (Wildman–Crippen LogP) is 2.51. The smallest absolute Gasteiger partial charge is 0.269 e. The molecule has 0 spiro atoms. The Labute approximate surface area is 136 Å². The molecular formula is C13H17ClIN3O2. The summed E-state index contributed by atoms with van der Waals surface area (Å²) >= 11 is 7.64. The summed E-state index contributed by atoms with van der Waals surface area (Å²) in [4.78, 5) is 28.2. The maximum atomic E-state index is 12.2. The summed E-state index contributed by atoms with van der Waals surface area (Å²) in [6.45, 7) is 1.70. The van der Waals surface area contributed by atoms with Gasteiger partial charge in [0.2, 0.25) is 5.91 Å². The number of nitrogens with zero attached hydrogens (tertiary/aromatic N) is 2. The van der Waals surface area contributed by atoms with Gasteiger partial charge in [-0.15, -0.1) is 0 Å². The summed E-state index contributed by atoms with van der Waals surface area (Å²) in [5.41, 5.74) is -0.281. The number of hydrogen-bond donors (Lipinski definition) is 1. The first-order valence-corrected chi connectivity index (χ1v) is 8.19. The van der Waals surface area contributed by atoms with Crippen molar-refractivity contribution in [2.75, 3.05) is 0 Å². The maximum Gasteiger partial charge on any atom is 0.269 e. The lowest BCUT2D eigenvalue weighted by atomic mass is 9.95. The van der Waals surface area contributed by atoms with Crippen molar-refractivity contribution < 1.29 is 4.79 Å². The second kappa shape index (κ2) is 6.89. The predicted molar refractivity (Wildman–Crippen MR) is 86.0 cm³/mol. The number of carbonyl (C=O) groups excluding carboxylic acids is 1. The number of amides is 1. The summed E-state index contributed by atoms with van der Waals surface area (Å²) in [7, 11) is 0. The lowest BCUT2D eigenvalue weighted by Crippen LogP contribution is -2.42. The van der Waals surface area contributed by atoms with E-state index in [-0.39, 0.29) is 22.7 Å². The first-order chi connectivity index (χ1) is 9.50. The number of aromatic nitrogens is 2. The molecule has 5 nitrogen and oxygen atoms in total. The zero-order chi connectivity index (χ0) is 14.7. The largest absolute Gasteiger partial charge is 0.352 e. The van der Waals surface area contributed by atoms with Crippen LogP contribution in [0.2, 0.25) is 5.15 Å². The molecule has 20 heavy (non-hydrogen) atoms. The second-order valence-electron chi connectivity index (χ2n) is 5.08. The highest BCUT2D eigenvalue weighted by Crippen LogP contribution is 2.18. The van der Waals surface area contributed by atoms with E-state index in [4.69, 9.17) is 11.6 Å². The van der Waals surface area contributed by atoms with Gasteiger partial charge in [0.15, 0.2) is 0 Å². The van der Waals surface area contributed by atoms with Crippen LogP contribution in [0.3, 0.4) is 0 Å². The summed E-state index contributed by atoms with van der Waals surface area (Å²) < 4.78 is 1.66. The highest BCUT2D eigenvalue weighted by atomic mass is 127. The van der Waals surface area contributed by atoms with Crippen LogP contribution >= 0.6 is 34.2 Å². The Hall–Kier alpha value is -0.630. The summed E-state index contributed by atoms with van der Waals surface area (Å²) in [6.07, 6.45) is 6.91. The van der Waals surface area contributed by atoms with E-state index in [9.17, 15) is 9.59 Å². The number of carbonyl (C=O) groups is 1. The van der Waals surface area contributed by atoms with Crippen molar-refractivity contribution in [2.24, 2.45) is 0 Å². The van der Waals surface area contributed by atoms with Gasteiger partial charge in [-0.3, -0.25) is 14.2 Å². The van der Waals surface area contributed by atoms with Crippen molar-refractivity contribution >= 4 is 40.1 Å². The molecule has 1 N–H and O–H groups in total. The molecule has 7 heteroatoms. The minimum absolute atomic E-state index is 0.140. The van der Waals surface area contributed by atoms with Gasteiger partial charge in [0.25, 0.3) is 5.56 Å². The molecule has 0 saturated heterocycles. The zero-order valence-electron chi connectivity index (χ0n) is 11.2.